The van der Waals surface area contributed by atoms with Crippen LogP contribution >= 0.6 is 11.3 Å². The molecule has 0 bridgehead atoms. The maximum Gasteiger partial charge on any atom is 0.186 e. The van der Waals surface area contributed by atoms with Crippen LogP contribution in [0.5, 0.6) is 0 Å². The molecular formula is C16H21N3S. The Hall–Kier alpha value is -1.39. The van der Waals surface area contributed by atoms with Crippen LogP contribution in [0.3, 0.4) is 0 Å². The summed E-state index contributed by atoms with van der Waals surface area (Å²) in [5.74, 6) is 0. The van der Waals surface area contributed by atoms with Crippen LogP contribution in [0.2, 0.25) is 0 Å². The van der Waals surface area contributed by atoms with Crippen LogP contribution < -0.4 is 10.2 Å². The predicted molar refractivity (Wildman–Crippen MR) is 85.5 cm³/mol. The minimum Gasteiger partial charge on any atom is -0.339 e. The third-order valence-electron chi connectivity index (χ3n) is 3.94. The van der Waals surface area contributed by atoms with Crippen molar-refractivity contribution in [3.05, 3.63) is 46.5 Å². The van der Waals surface area contributed by atoms with E-state index in [1.165, 1.54) is 16.8 Å². The molecule has 1 aromatic heterocycles. The average molecular weight is 287 g/mol. The van der Waals surface area contributed by atoms with Gasteiger partial charge in [0.25, 0.3) is 0 Å². The van der Waals surface area contributed by atoms with E-state index in [0.717, 1.165) is 31.1 Å². The summed E-state index contributed by atoms with van der Waals surface area (Å²) in [6.07, 6.45) is 2.11. The monoisotopic (exact) mass is 287 g/mol. The SMILES string of the molecule is CCc1csc(N2Cc3ccccc3CC2CNC)n1. The molecule has 1 unspecified atom stereocenters. The molecule has 0 fully saturated rings. The Bertz CT molecular complexity index is 579. The minimum absolute atomic E-state index is 0.491. The molecule has 0 radical (unpaired) electrons. The van der Waals surface area contributed by atoms with E-state index < -0.39 is 0 Å². The Labute approximate surface area is 124 Å². The van der Waals surface area contributed by atoms with Crippen molar-refractivity contribution in [3.63, 3.8) is 0 Å². The predicted octanol–water partition coefficient (Wildman–Crippen LogP) is 2.86. The number of aryl methyl sites for hydroxylation is 1. The van der Waals surface area contributed by atoms with Crippen LogP contribution in [0.25, 0.3) is 0 Å². The molecule has 0 amide bonds. The lowest BCUT2D eigenvalue weighted by Crippen LogP contribution is -2.45. The first-order valence-corrected chi connectivity index (χ1v) is 8.12. The molecule has 0 saturated carbocycles. The molecule has 1 aromatic carbocycles. The van der Waals surface area contributed by atoms with Crippen LogP contribution in [0, 0.1) is 0 Å². The maximum absolute atomic E-state index is 4.77. The van der Waals surface area contributed by atoms with E-state index >= 15 is 0 Å². The molecule has 4 heteroatoms. The molecule has 20 heavy (non-hydrogen) atoms. The van der Waals surface area contributed by atoms with Gasteiger partial charge in [-0.05, 0) is 31.0 Å². The number of rotatable bonds is 4. The van der Waals surface area contributed by atoms with Gasteiger partial charge in [-0.25, -0.2) is 4.98 Å². The van der Waals surface area contributed by atoms with Gasteiger partial charge in [-0.2, -0.15) is 0 Å². The molecular weight excluding hydrogens is 266 g/mol. The van der Waals surface area contributed by atoms with Gasteiger partial charge in [0.05, 0.1) is 5.69 Å². The Morgan fingerprint density at radius 2 is 2.15 bits per heavy atom. The molecule has 1 atom stereocenters. The van der Waals surface area contributed by atoms with Crippen molar-refractivity contribution < 1.29 is 0 Å². The maximum atomic E-state index is 4.77. The van der Waals surface area contributed by atoms with Gasteiger partial charge < -0.3 is 10.2 Å². The first-order chi connectivity index (χ1) is 9.81. The first kappa shape index (κ1) is 13.6. The largest absolute Gasteiger partial charge is 0.339 e. The van der Waals surface area contributed by atoms with E-state index in [1.807, 2.05) is 7.05 Å². The van der Waals surface area contributed by atoms with Gasteiger partial charge in [0, 0.05) is 24.5 Å². The molecule has 0 saturated heterocycles. The smallest absolute Gasteiger partial charge is 0.186 e. The Balaban J connectivity index is 1.91. The standard InChI is InChI=1S/C16H21N3S/c1-3-14-11-20-16(18-14)19-10-13-7-5-4-6-12(13)8-15(19)9-17-2/h4-7,11,15,17H,3,8-10H2,1-2H3. The van der Waals surface area contributed by atoms with Crippen molar-refractivity contribution >= 4 is 16.5 Å². The summed E-state index contributed by atoms with van der Waals surface area (Å²) in [6.45, 7) is 4.13. The molecule has 0 aliphatic carbocycles. The summed E-state index contributed by atoms with van der Waals surface area (Å²) in [6, 6.07) is 9.27. The van der Waals surface area contributed by atoms with Gasteiger partial charge in [-0.3, -0.25) is 0 Å². The lowest BCUT2D eigenvalue weighted by Gasteiger charge is -2.36. The topological polar surface area (TPSA) is 28.2 Å². The van der Waals surface area contributed by atoms with Crippen molar-refractivity contribution in [3.8, 4) is 0 Å². The second-order valence-corrected chi connectivity index (χ2v) is 6.12. The zero-order valence-electron chi connectivity index (χ0n) is 12.1. The van der Waals surface area contributed by atoms with E-state index in [9.17, 15) is 0 Å². The number of nitrogens with zero attached hydrogens (tertiary/aromatic N) is 2. The number of aromatic nitrogens is 1. The van der Waals surface area contributed by atoms with Crippen molar-refractivity contribution in [2.24, 2.45) is 0 Å². The summed E-state index contributed by atoms with van der Waals surface area (Å²) in [7, 11) is 2.03. The van der Waals surface area contributed by atoms with E-state index in [1.54, 1.807) is 11.3 Å². The van der Waals surface area contributed by atoms with E-state index in [4.69, 9.17) is 4.98 Å². The summed E-state index contributed by atoms with van der Waals surface area (Å²) in [4.78, 5) is 7.24. The van der Waals surface area contributed by atoms with Gasteiger partial charge >= 0.3 is 0 Å². The number of thiazole rings is 1. The number of likely N-dealkylation sites (N-methyl/N-ethyl adjacent to an activating group) is 1. The zero-order valence-corrected chi connectivity index (χ0v) is 12.9. The Kier molecular flexibility index (Phi) is 4.03. The highest BCUT2D eigenvalue weighted by Gasteiger charge is 2.27. The zero-order chi connectivity index (χ0) is 13.9. The van der Waals surface area contributed by atoms with Crippen molar-refractivity contribution in [1.29, 1.82) is 0 Å². The van der Waals surface area contributed by atoms with Crippen LogP contribution in [0.1, 0.15) is 23.7 Å². The van der Waals surface area contributed by atoms with E-state index in [2.05, 4.69) is 46.8 Å². The fourth-order valence-electron chi connectivity index (χ4n) is 2.82. The number of fused-ring (bicyclic) bond motifs is 1. The highest BCUT2D eigenvalue weighted by molar-refractivity contribution is 7.13. The van der Waals surface area contributed by atoms with E-state index in [-0.39, 0.29) is 0 Å². The summed E-state index contributed by atoms with van der Waals surface area (Å²) in [5.41, 5.74) is 4.12. The van der Waals surface area contributed by atoms with Gasteiger partial charge in [-0.15, -0.1) is 11.3 Å². The summed E-state index contributed by atoms with van der Waals surface area (Å²) in [5, 5.41) is 6.67. The highest BCUT2D eigenvalue weighted by Crippen LogP contribution is 2.30. The van der Waals surface area contributed by atoms with Crippen molar-refractivity contribution in [1.82, 2.24) is 10.3 Å². The molecule has 1 N–H and O–H groups in total. The van der Waals surface area contributed by atoms with Crippen LogP contribution in [-0.4, -0.2) is 24.6 Å². The molecule has 3 nitrogen and oxygen atoms in total. The number of benzene rings is 1. The summed E-state index contributed by atoms with van der Waals surface area (Å²) >= 11 is 1.77. The third kappa shape index (κ3) is 2.58. The third-order valence-corrected chi connectivity index (χ3v) is 4.87. The fraction of sp³-hybridized carbons (Fsp3) is 0.438. The highest BCUT2D eigenvalue weighted by atomic mass is 32.1. The van der Waals surface area contributed by atoms with Gasteiger partial charge in [0.1, 0.15) is 0 Å². The molecule has 1 aliphatic rings. The van der Waals surface area contributed by atoms with Gasteiger partial charge in [0.15, 0.2) is 5.13 Å². The van der Waals surface area contributed by atoms with Gasteiger partial charge in [0.2, 0.25) is 0 Å². The van der Waals surface area contributed by atoms with Crippen molar-refractivity contribution in [2.45, 2.75) is 32.4 Å². The number of anilines is 1. The number of nitrogens with one attached hydrogen (secondary N) is 1. The van der Waals surface area contributed by atoms with Gasteiger partial charge in [-0.1, -0.05) is 31.2 Å². The molecule has 0 spiro atoms. The molecule has 2 heterocycles. The lowest BCUT2D eigenvalue weighted by atomic mass is 9.94. The second-order valence-electron chi connectivity index (χ2n) is 5.29. The Morgan fingerprint density at radius 1 is 1.35 bits per heavy atom. The molecule has 1 aliphatic heterocycles. The minimum atomic E-state index is 0.491. The second kappa shape index (κ2) is 5.94. The lowest BCUT2D eigenvalue weighted by molar-refractivity contribution is 0.526. The fourth-order valence-corrected chi connectivity index (χ4v) is 3.80. The van der Waals surface area contributed by atoms with Crippen molar-refractivity contribution in [2.75, 3.05) is 18.5 Å². The average Bonchev–Trinajstić information content (AvgIpc) is 2.95. The summed E-state index contributed by atoms with van der Waals surface area (Å²) < 4.78 is 0. The van der Waals surface area contributed by atoms with Crippen LogP contribution in [0.4, 0.5) is 5.13 Å². The molecule has 2 aromatic rings. The quantitative estimate of drug-likeness (QED) is 0.937. The van der Waals surface area contributed by atoms with Crippen LogP contribution in [0.15, 0.2) is 29.6 Å². The van der Waals surface area contributed by atoms with E-state index in [0.29, 0.717) is 6.04 Å². The normalized spacial score (nSPS) is 18.1. The molecule has 106 valence electrons. The van der Waals surface area contributed by atoms with Crippen LogP contribution in [-0.2, 0) is 19.4 Å². The molecule has 3 rings (SSSR count). The Morgan fingerprint density at radius 3 is 2.85 bits per heavy atom. The first-order valence-electron chi connectivity index (χ1n) is 7.24. The number of hydrogen-bond donors (Lipinski definition) is 1. The number of hydrogen-bond acceptors (Lipinski definition) is 4.